The molecule has 0 unspecified atom stereocenters. The molecule has 0 heterocycles. The molecule has 5 heteroatoms. The molecule has 0 saturated heterocycles. The van der Waals surface area contributed by atoms with Crippen molar-refractivity contribution in [3.8, 4) is 0 Å². The Morgan fingerprint density at radius 2 is 1.50 bits per heavy atom. The molecule has 16 heavy (non-hydrogen) atoms. The molecule has 0 N–H and O–H groups in total. The van der Waals surface area contributed by atoms with Crippen molar-refractivity contribution >= 4 is 29.5 Å². The normalized spacial score (nSPS) is 12.1. The topological polar surface area (TPSA) is 26.3 Å². The van der Waals surface area contributed by atoms with Gasteiger partial charge in [-0.25, -0.2) is 4.79 Å². The van der Waals surface area contributed by atoms with Gasteiger partial charge in [-0.2, -0.15) is 5.37 Å². The van der Waals surface area contributed by atoms with Crippen molar-refractivity contribution in [1.29, 1.82) is 0 Å². The zero-order chi connectivity index (χ0) is 13.1. The Balaban J connectivity index is 4.62. The molecule has 0 aromatic heterocycles. The molecule has 6 radical (unpaired) electrons. The molecular weight excluding hydrogens is 197 g/mol. The zero-order valence-corrected chi connectivity index (χ0v) is 10.8. The summed E-state index contributed by atoms with van der Waals surface area (Å²) in [5.74, 6) is -0.672. The van der Waals surface area contributed by atoms with E-state index in [2.05, 4.69) is 20.8 Å². The van der Waals surface area contributed by atoms with Crippen LogP contribution < -0.4 is 0 Å². The Hall–Kier alpha value is -0.595. The van der Waals surface area contributed by atoms with Crippen LogP contribution in [0.4, 0.5) is 0 Å². The Morgan fingerprint density at radius 3 is 1.81 bits per heavy atom. The largest absolute Gasteiger partial charge is 0.457 e. The molecule has 0 aromatic carbocycles. The summed E-state index contributed by atoms with van der Waals surface area (Å²) in [5.41, 5.74) is -0.784. The van der Waals surface area contributed by atoms with E-state index in [0.717, 1.165) is 0 Å². The van der Waals surface area contributed by atoms with Crippen molar-refractivity contribution in [3.63, 3.8) is 0 Å². The standard InChI is InChI=1S/C11H17B3O2/c1-10(2,3)6-11(4,5)16-9(15)7(12)8(13)14/h6H2,1-5H3. The van der Waals surface area contributed by atoms with Gasteiger partial charge < -0.3 is 4.74 Å². The summed E-state index contributed by atoms with van der Waals surface area (Å²) in [4.78, 5) is 11.5. The third-order valence-corrected chi connectivity index (χ3v) is 1.86. The van der Waals surface area contributed by atoms with Crippen LogP contribution in [0.1, 0.15) is 41.0 Å². The Bertz CT molecular complexity index is 297. The number of rotatable bonds is 3. The van der Waals surface area contributed by atoms with Gasteiger partial charge in [0.15, 0.2) is 0 Å². The molecule has 2 nitrogen and oxygen atoms in total. The van der Waals surface area contributed by atoms with E-state index in [1.807, 2.05) is 13.8 Å². The fourth-order valence-corrected chi connectivity index (χ4v) is 1.74. The maximum Gasteiger partial charge on any atom is 0.322 e. The van der Waals surface area contributed by atoms with E-state index in [0.29, 0.717) is 6.42 Å². The molecule has 0 saturated carbocycles. The van der Waals surface area contributed by atoms with E-state index in [-0.39, 0.29) is 16.3 Å². The van der Waals surface area contributed by atoms with Crippen molar-refractivity contribution in [2.24, 2.45) is 5.41 Å². The first-order chi connectivity index (χ1) is 6.94. The molecule has 0 aliphatic carbocycles. The van der Waals surface area contributed by atoms with Gasteiger partial charge in [0.25, 0.3) is 0 Å². The van der Waals surface area contributed by atoms with Gasteiger partial charge in [0.1, 0.15) is 13.4 Å². The third kappa shape index (κ3) is 6.09. The van der Waals surface area contributed by atoms with Crippen LogP contribution in [0.2, 0.25) is 0 Å². The van der Waals surface area contributed by atoms with Crippen LogP contribution in [-0.2, 0) is 9.53 Å². The van der Waals surface area contributed by atoms with E-state index >= 15 is 0 Å². The predicted molar refractivity (Wildman–Crippen MR) is 68.5 cm³/mol. The first-order valence-electron chi connectivity index (χ1n) is 5.19. The minimum absolute atomic E-state index is 0.0521. The van der Waals surface area contributed by atoms with E-state index in [1.165, 1.54) is 0 Å². The smallest absolute Gasteiger partial charge is 0.322 e. The molecule has 0 aliphatic rings. The number of carbonyl (C=O) groups excluding carboxylic acids is 1. The minimum atomic E-state index is -0.672. The average molecular weight is 214 g/mol. The SMILES string of the molecule is [B]C([B])=C([B])C(=O)OC(C)(C)CC(C)(C)C. The van der Waals surface area contributed by atoms with Gasteiger partial charge in [0, 0.05) is 0 Å². The quantitative estimate of drug-likeness (QED) is 0.403. The summed E-state index contributed by atoms with van der Waals surface area (Å²) < 4.78 is 5.26. The van der Waals surface area contributed by atoms with Gasteiger partial charge >= 0.3 is 5.97 Å². The summed E-state index contributed by atoms with van der Waals surface area (Å²) in [6, 6.07) is 0. The first kappa shape index (κ1) is 15.4. The second-order valence-corrected chi connectivity index (χ2v) is 5.76. The number of hydrogen-bond donors (Lipinski definition) is 0. The number of carbonyl (C=O) groups is 1. The van der Waals surface area contributed by atoms with Crippen molar-refractivity contribution in [2.75, 3.05) is 0 Å². The van der Waals surface area contributed by atoms with Crippen LogP contribution in [0.5, 0.6) is 0 Å². The van der Waals surface area contributed by atoms with E-state index in [9.17, 15) is 4.79 Å². The van der Waals surface area contributed by atoms with Crippen LogP contribution in [0.25, 0.3) is 0 Å². The molecule has 0 bridgehead atoms. The number of esters is 1. The van der Waals surface area contributed by atoms with Crippen LogP contribution >= 0.6 is 0 Å². The second-order valence-electron chi connectivity index (χ2n) is 5.76. The van der Waals surface area contributed by atoms with E-state index < -0.39 is 11.6 Å². The van der Waals surface area contributed by atoms with Crippen molar-refractivity contribution in [3.05, 3.63) is 10.8 Å². The summed E-state index contributed by atoms with van der Waals surface area (Å²) in [6.07, 6.45) is 0.712. The second kappa shape index (κ2) is 5.16. The predicted octanol–water partition coefficient (Wildman–Crippen LogP) is 1.42. The Kier molecular flexibility index (Phi) is 4.96. The van der Waals surface area contributed by atoms with Gasteiger partial charge in [-0.15, -0.1) is 0 Å². The van der Waals surface area contributed by atoms with Crippen molar-refractivity contribution in [1.82, 2.24) is 0 Å². The van der Waals surface area contributed by atoms with Gasteiger partial charge in [0.05, 0.1) is 15.7 Å². The van der Waals surface area contributed by atoms with E-state index in [4.69, 9.17) is 28.3 Å². The van der Waals surface area contributed by atoms with Crippen LogP contribution in [0, 0.1) is 5.41 Å². The lowest BCUT2D eigenvalue weighted by Gasteiger charge is -2.32. The first-order valence-corrected chi connectivity index (χ1v) is 5.19. The van der Waals surface area contributed by atoms with Gasteiger partial charge in [-0.05, 0) is 31.2 Å². The van der Waals surface area contributed by atoms with Gasteiger partial charge in [0.2, 0.25) is 0 Å². The van der Waals surface area contributed by atoms with Crippen molar-refractivity contribution in [2.45, 2.75) is 46.6 Å². The van der Waals surface area contributed by atoms with E-state index in [1.54, 1.807) is 0 Å². The average Bonchev–Trinajstić information content (AvgIpc) is 1.96. The fourth-order valence-electron chi connectivity index (χ4n) is 1.74. The molecule has 0 atom stereocenters. The molecule has 0 rings (SSSR count). The van der Waals surface area contributed by atoms with Crippen LogP contribution in [-0.4, -0.2) is 35.1 Å². The molecule has 0 spiro atoms. The molecule has 0 fully saturated rings. The maximum atomic E-state index is 11.5. The molecule has 0 aromatic rings. The van der Waals surface area contributed by atoms with Crippen molar-refractivity contribution < 1.29 is 9.53 Å². The van der Waals surface area contributed by atoms with Crippen LogP contribution in [0.3, 0.4) is 0 Å². The highest BCUT2D eigenvalue weighted by Gasteiger charge is 2.29. The van der Waals surface area contributed by atoms with Crippen LogP contribution in [0.15, 0.2) is 10.8 Å². The fraction of sp³-hybridized carbons (Fsp3) is 0.727. The lowest BCUT2D eigenvalue weighted by molar-refractivity contribution is -0.153. The van der Waals surface area contributed by atoms with Gasteiger partial charge in [-0.1, -0.05) is 20.8 Å². The summed E-state index contributed by atoms with van der Waals surface area (Å²) in [6.45, 7) is 9.86. The zero-order valence-electron chi connectivity index (χ0n) is 10.8. The summed E-state index contributed by atoms with van der Waals surface area (Å²) >= 11 is 0. The highest BCUT2D eigenvalue weighted by Crippen LogP contribution is 2.29. The summed E-state index contributed by atoms with van der Waals surface area (Å²) in [5, 5.41) is -0.212. The highest BCUT2D eigenvalue weighted by atomic mass is 16.6. The number of hydrogen-bond acceptors (Lipinski definition) is 2. The molecular formula is C11H17B3O2. The maximum absolute atomic E-state index is 11.5. The molecule has 0 amide bonds. The Labute approximate surface area is 102 Å². The molecule has 82 valence electrons. The lowest BCUT2D eigenvalue weighted by atomic mass is 9.69. The van der Waals surface area contributed by atoms with Gasteiger partial charge in [-0.3, -0.25) is 0 Å². The minimum Gasteiger partial charge on any atom is -0.457 e. The summed E-state index contributed by atoms with van der Waals surface area (Å²) in [7, 11) is 15.8. The lowest BCUT2D eigenvalue weighted by Crippen LogP contribution is -2.33. The molecule has 0 aliphatic heterocycles. The highest BCUT2D eigenvalue weighted by molar-refractivity contribution is 6.55. The monoisotopic (exact) mass is 214 g/mol. The Morgan fingerprint density at radius 1 is 1.06 bits per heavy atom. The third-order valence-electron chi connectivity index (χ3n) is 1.86. The number of ether oxygens (including phenoxy) is 1.